The van der Waals surface area contributed by atoms with Crippen LogP contribution in [0.15, 0.2) is 76.9 Å². The van der Waals surface area contributed by atoms with Crippen molar-refractivity contribution in [2.75, 3.05) is 14.2 Å². The second-order valence-electron chi connectivity index (χ2n) is 6.98. The van der Waals surface area contributed by atoms with E-state index in [4.69, 9.17) is 13.9 Å². The van der Waals surface area contributed by atoms with Crippen molar-refractivity contribution in [3.63, 3.8) is 0 Å². The Balaban J connectivity index is 1.88. The summed E-state index contributed by atoms with van der Waals surface area (Å²) in [4.78, 5) is 27.4. The molecule has 0 radical (unpaired) electrons. The molecule has 3 aromatic rings. The van der Waals surface area contributed by atoms with Crippen LogP contribution in [0.4, 0.5) is 0 Å². The van der Waals surface area contributed by atoms with Crippen LogP contribution in [0.3, 0.4) is 0 Å². The Hall–Kier alpha value is -4.00. The van der Waals surface area contributed by atoms with Crippen LogP contribution in [0.2, 0.25) is 0 Å². The number of furan rings is 1. The molecule has 0 spiro atoms. The van der Waals surface area contributed by atoms with Crippen molar-refractivity contribution in [3.05, 3.63) is 89.4 Å². The van der Waals surface area contributed by atoms with Gasteiger partial charge in [-0.2, -0.15) is 0 Å². The minimum absolute atomic E-state index is 0.00813. The number of para-hydroxylation sites is 1. The number of rotatable bonds is 6. The Bertz CT molecular complexity index is 1130. The first-order valence-electron chi connectivity index (χ1n) is 9.63. The second kappa shape index (κ2) is 8.39. The molecule has 4 rings (SSSR count). The maximum Gasteiger partial charge on any atom is 0.296 e. The van der Waals surface area contributed by atoms with Gasteiger partial charge >= 0.3 is 0 Å². The summed E-state index contributed by atoms with van der Waals surface area (Å²) in [6, 6.07) is 16.3. The van der Waals surface area contributed by atoms with Gasteiger partial charge in [0, 0.05) is 11.1 Å². The van der Waals surface area contributed by atoms with Crippen LogP contribution in [0.1, 0.15) is 22.9 Å². The predicted octanol–water partition coefficient (Wildman–Crippen LogP) is 3.92. The van der Waals surface area contributed by atoms with Gasteiger partial charge in [0.15, 0.2) is 0 Å². The fourth-order valence-electron chi connectivity index (χ4n) is 3.73. The van der Waals surface area contributed by atoms with Crippen LogP contribution in [0, 0.1) is 0 Å². The van der Waals surface area contributed by atoms with Crippen LogP contribution >= 0.6 is 0 Å². The van der Waals surface area contributed by atoms with Crippen molar-refractivity contribution < 1.29 is 28.6 Å². The molecule has 31 heavy (non-hydrogen) atoms. The normalized spacial score (nSPS) is 17.7. The molecule has 1 saturated heterocycles. The number of amides is 1. The first-order valence-corrected chi connectivity index (χ1v) is 9.63. The Labute approximate surface area is 179 Å². The lowest BCUT2D eigenvalue weighted by atomic mass is 9.94. The largest absolute Gasteiger partial charge is 0.507 e. The van der Waals surface area contributed by atoms with Gasteiger partial charge in [-0.1, -0.05) is 18.2 Å². The minimum atomic E-state index is -0.844. The van der Waals surface area contributed by atoms with Gasteiger partial charge in [-0.25, -0.2) is 0 Å². The van der Waals surface area contributed by atoms with Crippen molar-refractivity contribution in [1.29, 1.82) is 0 Å². The average molecular weight is 419 g/mol. The van der Waals surface area contributed by atoms with Gasteiger partial charge in [-0.05, 0) is 42.5 Å². The number of hydrogen-bond acceptors (Lipinski definition) is 6. The zero-order valence-corrected chi connectivity index (χ0v) is 17.1. The molecule has 2 heterocycles. The predicted molar refractivity (Wildman–Crippen MR) is 113 cm³/mol. The Kier molecular flexibility index (Phi) is 5.49. The Morgan fingerprint density at radius 1 is 1.00 bits per heavy atom. The lowest BCUT2D eigenvalue weighted by Gasteiger charge is -2.25. The van der Waals surface area contributed by atoms with Crippen molar-refractivity contribution in [2.45, 2.75) is 12.6 Å². The van der Waals surface area contributed by atoms with Gasteiger partial charge in [0.1, 0.15) is 23.0 Å². The fourth-order valence-corrected chi connectivity index (χ4v) is 3.73. The van der Waals surface area contributed by atoms with Crippen molar-refractivity contribution in [3.8, 4) is 11.5 Å². The van der Waals surface area contributed by atoms with E-state index in [2.05, 4.69) is 0 Å². The van der Waals surface area contributed by atoms with E-state index in [9.17, 15) is 14.7 Å². The molecule has 158 valence electrons. The maximum absolute atomic E-state index is 13.1. The quantitative estimate of drug-likeness (QED) is 0.370. The molecular formula is C24H21NO6. The summed E-state index contributed by atoms with van der Waals surface area (Å²) >= 11 is 0. The number of carbonyl (C=O) groups excluding carboxylic acids is 2. The number of aliphatic hydroxyl groups is 1. The van der Waals surface area contributed by atoms with E-state index in [0.717, 1.165) is 0 Å². The number of ketones is 1. The third-order valence-corrected chi connectivity index (χ3v) is 5.24. The number of carbonyl (C=O) groups is 2. The number of likely N-dealkylation sites (tertiary alicyclic amines) is 1. The Morgan fingerprint density at radius 2 is 1.74 bits per heavy atom. The molecule has 0 saturated carbocycles. The molecule has 1 aliphatic heterocycles. The summed E-state index contributed by atoms with van der Waals surface area (Å²) < 4.78 is 16.0. The number of nitrogens with zero attached hydrogens (tertiary/aromatic N) is 1. The van der Waals surface area contributed by atoms with Gasteiger partial charge in [0.05, 0.1) is 38.6 Å². The van der Waals surface area contributed by atoms with Gasteiger partial charge in [0.2, 0.25) is 0 Å². The van der Waals surface area contributed by atoms with Gasteiger partial charge < -0.3 is 23.9 Å². The van der Waals surface area contributed by atoms with Crippen molar-refractivity contribution >= 4 is 17.4 Å². The summed E-state index contributed by atoms with van der Waals surface area (Å²) in [7, 11) is 3.05. The van der Waals surface area contributed by atoms with E-state index in [-0.39, 0.29) is 17.9 Å². The molecule has 7 heteroatoms. The van der Waals surface area contributed by atoms with Gasteiger partial charge in [-0.15, -0.1) is 0 Å². The van der Waals surface area contributed by atoms with E-state index >= 15 is 0 Å². The molecule has 2 aromatic carbocycles. The summed E-state index contributed by atoms with van der Waals surface area (Å²) in [5.74, 6) is -0.126. The summed E-state index contributed by atoms with van der Waals surface area (Å²) in [6.45, 7) is 0.0691. The minimum Gasteiger partial charge on any atom is -0.507 e. The monoisotopic (exact) mass is 419 g/mol. The first-order chi connectivity index (χ1) is 15.0. The topological polar surface area (TPSA) is 89.2 Å². The lowest BCUT2D eigenvalue weighted by Crippen LogP contribution is -2.29. The molecule has 1 amide bonds. The molecule has 0 bridgehead atoms. The fraction of sp³-hybridized carbons (Fsp3) is 0.167. The van der Waals surface area contributed by atoms with Crippen LogP contribution in [0.25, 0.3) is 5.76 Å². The SMILES string of the molecule is COc1ccc(/C(O)=C2\C(=O)C(=O)N(Cc3ccco3)[C@H]2c2ccccc2OC)cc1. The standard InChI is InChI=1S/C24H21NO6/c1-29-16-11-9-15(10-12-16)22(26)20-21(18-7-3-4-8-19(18)30-2)25(24(28)23(20)27)14-17-6-5-13-31-17/h3-13,21,26H,14H2,1-2H3/b22-20+/t21-/m0/s1. The molecule has 0 aliphatic carbocycles. The number of benzene rings is 2. The number of ether oxygens (including phenoxy) is 2. The zero-order valence-electron chi connectivity index (χ0n) is 17.1. The molecule has 1 N–H and O–H groups in total. The number of hydrogen-bond donors (Lipinski definition) is 1. The molecular weight excluding hydrogens is 398 g/mol. The van der Waals surface area contributed by atoms with E-state index in [1.54, 1.807) is 60.7 Å². The molecule has 1 aromatic heterocycles. The Morgan fingerprint density at radius 3 is 2.39 bits per heavy atom. The maximum atomic E-state index is 13.1. The smallest absolute Gasteiger partial charge is 0.296 e. The number of aliphatic hydroxyl groups excluding tert-OH is 1. The van der Waals surface area contributed by atoms with E-state index in [0.29, 0.717) is 28.4 Å². The molecule has 1 aliphatic rings. The molecule has 1 atom stereocenters. The summed E-state index contributed by atoms with van der Waals surface area (Å²) in [5, 5.41) is 11.1. The van der Waals surface area contributed by atoms with Crippen LogP contribution in [-0.4, -0.2) is 35.9 Å². The second-order valence-corrected chi connectivity index (χ2v) is 6.98. The lowest BCUT2D eigenvalue weighted by molar-refractivity contribution is -0.140. The number of Topliss-reactive ketones (excluding diaryl/α,β-unsaturated/α-hetero) is 1. The average Bonchev–Trinajstić information content (AvgIpc) is 3.41. The van der Waals surface area contributed by atoms with E-state index in [1.807, 2.05) is 0 Å². The van der Waals surface area contributed by atoms with Gasteiger partial charge in [0.25, 0.3) is 11.7 Å². The molecule has 7 nitrogen and oxygen atoms in total. The first kappa shape index (κ1) is 20.3. The summed E-state index contributed by atoms with van der Waals surface area (Å²) in [5.41, 5.74) is 0.980. The molecule has 1 fully saturated rings. The highest BCUT2D eigenvalue weighted by molar-refractivity contribution is 6.46. The van der Waals surface area contributed by atoms with Crippen LogP contribution in [-0.2, 0) is 16.1 Å². The van der Waals surface area contributed by atoms with E-state index < -0.39 is 17.7 Å². The zero-order chi connectivity index (χ0) is 22.0. The number of methoxy groups -OCH3 is 2. The summed E-state index contributed by atoms with van der Waals surface area (Å²) in [6.07, 6.45) is 1.50. The van der Waals surface area contributed by atoms with Gasteiger partial charge in [-0.3, -0.25) is 9.59 Å². The molecule has 0 unspecified atom stereocenters. The third-order valence-electron chi connectivity index (χ3n) is 5.24. The van der Waals surface area contributed by atoms with Crippen molar-refractivity contribution in [1.82, 2.24) is 4.90 Å². The highest BCUT2D eigenvalue weighted by Crippen LogP contribution is 2.43. The third kappa shape index (κ3) is 3.66. The van der Waals surface area contributed by atoms with Crippen LogP contribution in [0.5, 0.6) is 11.5 Å². The highest BCUT2D eigenvalue weighted by Gasteiger charge is 2.47. The van der Waals surface area contributed by atoms with E-state index in [1.165, 1.54) is 25.4 Å². The van der Waals surface area contributed by atoms with Crippen molar-refractivity contribution in [2.24, 2.45) is 0 Å². The highest BCUT2D eigenvalue weighted by atomic mass is 16.5. The van der Waals surface area contributed by atoms with Crippen LogP contribution < -0.4 is 9.47 Å².